The van der Waals surface area contributed by atoms with Crippen molar-refractivity contribution in [3.63, 3.8) is 0 Å². The number of benzene rings is 2. The van der Waals surface area contributed by atoms with Crippen LogP contribution < -0.4 is 4.74 Å². The van der Waals surface area contributed by atoms with Crippen molar-refractivity contribution < 1.29 is 14.3 Å². The quantitative estimate of drug-likeness (QED) is 0.827. The van der Waals surface area contributed by atoms with Gasteiger partial charge in [0.25, 0.3) is 0 Å². The fourth-order valence-corrected chi connectivity index (χ4v) is 3.22. The molecule has 1 fully saturated rings. The van der Waals surface area contributed by atoms with Gasteiger partial charge in [-0.05, 0) is 30.9 Å². The lowest BCUT2D eigenvalue weighted by Gasteiger charge is -2.35. The zero-order chi connectivity index (χ0) is 16.8. The number of hydrogen-bond acceptors (Lipinski definition) is 3. The molecule has 24 heavy (non-hydrogen) atoms. The van der Waals surface area contributed by atoms with Crippen molar-refractivity contribution in [1.29, 1.82) is 0 Å². The zero-order valence-electron chi connectivity index (χ0n) is 14.0. The Morgan fingerprint density at radius 2 is 1.83 bits per heavy atom. The molecule has 0 aromatic heterocycles. The second-order valence-corrected chi connectivity index (χ2v) is 5.99. The Labute approximate surface area is 143 Å². The molecular weight excluding hydrogens is 302 g/mol. The number of hydrogen-bond donors (Lipinski definition) is 0. The maximum Gasteiger partial charge on any atom is 0.410 e. The van der Waals surface area contributed by atoms with Gasteiger partial charge in [0.15, 0.2) is 0 Å². The molecule has 0 N–H and O–H groups in total. The van der Waals surface area contributed by atoms with Crippen molar-refractivity contribution in [1.82, 2.24) is 4.90 Å². The summed E-state index contributed by atoms with van der Waals surface area (Å²) in [6.07, 6.45) is 2.78. The zero-order valence-corrected chi connectivity index (χ0v) is 14.0. The molecule has 1 unspecified atom stereocenters. The van der Waals surface area contributed by atoms with Gasteiger partial charge in [-0.25, -0.2) is 4.79 Å². The lowest BCUT2D eigenvalue weighted by atomic mass is 9.95. The third-order valence-corrected chi connectivity index (χ3v) is 4.44. The minimum Gasteiger partial charge on any atom is -0.496 e. The fourth-order valence-electron chi connectivity index (χ4n) is 3.22. The Bertz CT molecular complexity index is 672. The first-order valence-corrected chi connectivity index (χ1v) is 8.40. The number of piperidine rings is 1. The average molecular weight is 325 g/mol. The number of carbonyl (C=O) groups is 1. The molecule has 0 aliphatic carbocycles. The van der Waals surface area contributed by atoms with Crippen LogP contribution in [0.5, 0.6) is 5.75 Å². The number of ether oxygens (including phenoxy) is 2. The summed E-state index contributed by atoms with van der Waals surface area (Å²) >= 11 is 0. The van der Waals surface area contributed by atoms with Crippen molar-refractivity contribution in [3.8, 4) is 5.75 Å². The molecule has 2 aromatic carbocycles. The monoisotopic (exact) mass is 325 g/mol. The molecule has 1 aliphatic rings. The highest BCUT2D eigenvalue weighted by molar-refractivity contribution is 5.68. The van der Waals surface area contributed by atoms with Gasteiger partial charge < -0.3 is 14.4 Å². The van der Waals surface area contributed by atoms with Gasteiger partial charge >= 0.3 is 6.09 Å². The Morgan fingerprint density at radius 3 is 2.62 bits per heavy atom. The highest BCUT2D eigenvalue weighted by atomic mass is 16.6. The van der Waals surface area contributed by atoms with E-state index in [1.54, 1.807) is 7.11 Å². The Hall–Kier alpha value is -2.49. The maximum atomic E-state index is 12.6. The molecule has 0 spiro atoms. The van der Waals surface area contributed by atoms with Crippen molar-refractivity contribution in [2.45, 2.75) is 31.9 Å². The summed E-state index contributed by atoms with van der Waals surface area (Å²) in [5, 5.41) is 0. The molecule has 1 atom stereocenters. The molecule has 2 aromatic rings. The lowest BCUT2D eigenvalue weighted by Crippen LogP contribution is -2.38. The van der Waals surface area contributed by atoms with Gasteiger partial charge in [0, 0.05) is 12.1 Å². The van der Waals surface area contributed by atoms with E-state index in [9.17, 15) is 4.79 Å². The van der Waals surface area contributed by atoms with E-state index in [1.807, 2.05) is 59.5 Å². The fraction of sp³-hybridized carbons (Fsp3) is 0.350. The number of para-hydroxylation sites is 1. The van der Waals surface area contributed by atoms with E-state index in [2.05, 4.69) is 0 Å². The number of methoxy groups -OCH3 is 1. The average Bonchev–Trinajstić information content (AvgIpc) is 2.67. The number of nitrogens with zero attached hydrogens (tertiary/aromatic N) is 1. The number of carbonyl (C=O) groups excluding carboxylic acids is 1. The van der Waals surface area contributed by atoms with E-state index >= 15 is 0 Å². The van der Waals surface area contributed by atoms with Crippen LogP contribution in [0.2, 0.25) is 0 Å². The molecule has 3 rings (SSSR count). The molecule has 4 heteroatoms. The standard InChI is InChI=1S/C20H23NO3/c1-23-19-13-6-5-11-17(19)18-12-7-8-14-21(18)20(22)24-15-16-9-3-2-4-10-16/h2-6,9-11,13,18H,7-8,12,14-15H2,1H3. The molecule has 0 saturated carbocycles. The second-order valence-electron chi connectivity index (χ2n) is 5.99. The number of amides is 1. The molecule has 1 aliphatic heterocycles. The summed E-state index contributed by atoms with van der Waals surface area (Å²) in [5.74, 6) is 0.824. The van der Waals surface area contributed by atoms with Crippen LogP contribution in [0.1, 0.15) is 36.4 Å². The minimum atomic E-state index is -0.255. The van der Waals surface area contributed by atoms with E-state index in [0.29, 0.717) is 6.61 Å². The number of rotatable bonds is 4. The summed E-state index contributed by atoms with van der Waals surface area (Å²) in [6, 6.07) is 17.7. The van der Waals surface area contributed by atoms with Gasteiger partial charge in [0.2, 0.25) is 0 Å². The summed E-state index contributed by atoms with van der Waals surface area (Å²) < 4.78 is 11.0. The van der Waals surface area contributed by atoms with Crippen LogP contribution in [0, 0.1) is 0 Å². The van der Waals surface area contributed by atoms with Crippen LogP contribution >= 0.6 is 0 Å². The predicted octanol–water partition coefficient (Wildman–Crippen LogP) is 4.56. The first-order valence-electron chi connectivity index (χ1n) is 8.40. The highest BCUT2D eigenvalue weighted by Gasteiger charge is 2.30. The van der Waals surface area contributed by atoms with Gasteiger partial charge in [-0.3, -0.25) is 0 Å². The third kappa shape index (κ3) is 3.70. The minimum absolute atomic E-state index is 0.0122. The van der Waals surface area contributed by atoms with Gasteiger partial charge in [0.1, 0.15) is 12.4 Å². The molecule has 126 valence electrons. The molecule has 0 radical (unpaired) electrons. The summed E-state index contributed by atoms with van der Waals surface area (Å²) in [4.78, 5) is 14.5. The topological polar surface area (TPSA) is 38.8 Å². The Morgan fingerprint density at radius 1 is 1.08 bits per heavy atom. The van der Waals surface area contributed by atoms with E-state index in [-0.39, 0.29) is 12.1 Å². The first kappa shape index (κ1) is 16.4. The first-order chi connectivity index (χ1) is 11.8. The van der Waals surface area contributed by atoms with Gasteiger partial charge in [-0.15, -0.1) is 0 Å². The maximum absolute atomic E-state index is 12.6. The normalized spacial score (nSPS) is 17.4. The summed E-state index contributed by atoms with van der Waals surface area (Å²) in [7, 11) is 1.67. The van der Waals surface area contributed by atoms with Gasteiger partial charge in [0.05, 0.1) is 13.2 Å². The largest absolute Gasteiger partial charge is 0.496 e. The molecule has 1 saturated heterocycles. The van der Waals surface area contributed by atoms with Crippen LogP contribution in [0.4, 0.5) is 4.79 Å². The molecule has 0 bridgehead atoms. The Kier molecular flexibility index (Phi) is 5.36. The SMILES string of the molecule is COc1ccccc1C1CCCCN1C(=O)OCc1ccccc1. The Balaban J connectivity index is 1.73. The van der Waals surface area contributed by atoms with E-state index < -0.39 is 0 Å². The molecular formula is C20H23NO3. The predicted molar refractivity (Wildman–Crippen MR) is 92.9 cm³/mol. The van der Waals surface area contributed by atoms with Gasteiger partial charge in [-0.2, -0.15) is 0 Å². The van der Waals surface area contributed by atoms with Crippen LogP contribution in [0.3, 0.4) is 0 Å². The highest BCUT2D eigenvalue weighted by Crippen LogP contribution is 2.36. The number of likely N-dealkylation sites (tertiary alicyclic amines) is 1. The third-order valence-electron chi connectivity index (χ3n) is 4.44. The van der Waals surface area contributed by atoms with Gasteiger partial charge in [-0.1, -0.05) is 48.5 Å². The molecule has 1 heterocycles. The van der Waals surface area contributed by atoms with E-state index in [0.717, 1.165) is 42.7 Å². The van der Waals surface area contributed by atoms with Crippen molar-refractivity contribution in [2.24, 2.45) is 0 Å². The smallest absolute Gasteiger partial charge is 0.410 e. The van der Waals surface area contributed by atoms with Crippen molar-refractivity contribution in [2.75, 3.05) is 13.7 Å². The van der Waals surface area contributed by atoms with E-state index in [1.165, 1.54) is 0 Å². The van der Waals surface area contributed by atoms with Crippen LogP contribution in [-0.2, 0) is 11.3 Å². The van der Waals surface area contributed by atoms with Crippen LogP contribution in [0.15, 0.2) is 54.6 Å². The molecule has 4 nitrogen and oxygen atoms in total. The summed E-state index contributed by atoms with van der Waals surface area (Å²) in [5.41, 5.74) is 2.05. The van der Waals surface area contributed by atoms with Crippen molar-refractivity contribution in [3.05, 3.63) is 65.7 Å². The second kappa shape index (κ2) is 7.86. The molecule has 1 amide bonds. The van der Waals surface area contributed by atoms with Crippen LogP contribution in [-0.4, -0.2) is 24.6 Å². The van der Waals surface area contributed by atoms with Crippen LogP contribution in [0.25, 0.3) is 0 Å². The van der Waals surface area contributed by atoms with Crippen molar-refractivity contribution >= 4 is 6.09 Å². The lowest BCUT2D eigenvalue weighted by molar-refractivity contribution is 0.0673. The van der Waals surface area contributed by atoms with E-state index in [4.69, 9.17) is 9.47 Å². The summed E-state index contributed by atoms with van der Waals surface area (Å²) in [6.45, 7) is 1.02.